The van der Waals surface area contributed by atoms with Crippen LogP contribution in [-0.2, 0) is 27.1 Å². The molecule has 1 saturated heterocycles. The van der Waals surface area contributed by atoms with Crippen LogP contribution in [0.2, 0.25) is 0 Å². The highest BCUT2D eigenvalue weighted by molar-refractivity contribution is 7.82. The number of carbonyl (C=O) groups excluding carboxylic acids is 1. The van der Waals surface area contributed by atoms with Gasteiger partial charge in [-0.05, 0) is 56.2 Å². The monoisotopic (exact) mass is 473 g/mol. The molecule has 2 N–H and O–H groups in total. The van der Waals surface area contributed by atoms with E-state index in [1.807, 2.05) is 34.9 Å². The van der Waals surface area contributed by atoms with E-state index in [9.17, 15) is 14.2 Å². The number of hydroxylamine groups is 1. The number of pyridine rings is 1. The van der Waals surface area contributed by atoms with E-state index in [0.717, 1.165) is 60.7 Å². The van der Waals surface area contributed by atoms with Crippen LogP contribution in [0.4, 0.5) is 0 Å². The molecule has 33 heavy (non-hydrogen) atoms. The molecule has 0 bridgehead atoms. The Morgan fingerprint density at radius 2 is 1.94 bits per heavy atom. The van der Waals surface area contributed by atoms with Crippen LogP contribution >= 0.6 is 0 Å². The summed E-state index contributed by atoms with van der Waals surface area (Å²) < 4.78 is 21.3. The molecule has 1 saturated carbocycles. The molecule has 4 rings (SSSR count). The summed E-state index contributed by atoms with van der Waals surface area (Å²) in [7, 11) is -1.24. The van der Waals surface area contributed by atoms with Gasteiger partial charge in [-0.2, -0.15) is 0 Å². The first-order valence-electron chi connectivity index (χ1n) is 12.1. The lowest BCUT2D eigenvalue weighted by Gasteiger charge is -2.33. The lowest BCUT2D eigenvalue weighted by atomic mass is 9.80. The molecule has 8 heteroatoms. The van der Waals surface area contributed by atoms with Crippen LogP contribution in [0.3, 0.4) is 0 Å². The Labute approximate surface area is 198 Å². The maximum absolute atomic E-state index is 13.1. The average Bonchev–Trinajstić information content (AvgIpc) is 2.86. The van der Waals surface area contributed by atoms with Gasteiger partial charge in [0.2, 0.25) is 5.91 Å². The normalized spacial score (nSPS) is 20.5. The summed E-state index contributed by atoms with van der Waals surface area (Å²) in [5.41, 5.74) is 4.93. The topological polar surface area (TPSA) is 91.8 Å². The molecule has 1 aliphatic heterocycles. The Balaban J connectivity index is 1.29. The van der Waals surface area contributed by atoms with E-state index in [2.05, 4.69) is 17.1 Å². The Morgan fingerprint density at radius 3 is 2.67 bits per heavy atom. The number of para-hydroxylation sites is 1. The zero-order valence-corrected chi connectivity index (χ0v) is 20.2. The van der Waals surface area contributed by atoms with E-state index in [1.165, 1.54) is 6.42 Å². The van der Waals surface area contributed by atoms with Gasteiger partial charge < -0.3 is 4.74 Å². The molecule has 2 aliphatic rings. The highest BCUT2D eigenvalue weighted by Gasteiger charge is 2.33. The van der Waals surface area contributed by atoms with Crippen LogP contribution in [0.1, 0.15) is 56.2 Å². The first kappa shape index (κ1) is 24.3. The van der Waals surface area contributed by atoms with Gasteiger partial charge in [0.1, 0.15) is 0 Å². The van der Waals surface area contributed by atoms with Crippen LogP contribution in [0.15, 0.2) is 30.3 Å². The smallest absolute Gasteiger partial charge is 0.247 e. The third kappa shape index (κ3) is 6.18. The third-order valence-electron chi connectivity index (χ3n) is 7.08. The minimum atomic E-state index is -1.24. The van der Waals surface area contributed by atoms with Gasteiger partial charge in [0, 0.05) is 24.2 Å². The summed E-state index contributed by atoms with van der Waals surface area (Å²) in [6, 6.07) is 10.2. The van der Waals surface area contributed by atoms with Gasteiger partial charge >= 0.3 is 0 Å². The predicted molar refractivity (Wildman–Crippen MR) is 129 cm³/mol. The van der Waals surface area contributed by atoms with Crippen LogP contribution in [0, 0.1) is 18.8 Å². The Bertz CT molecular complexity index is 971. The third-order valence-corrected chi connectivity index (χ3v) is 8.67. The second-order valence-electron chi connectivity index (χ2n) is 9.35. The highest BCUT2D eigenvalue weighted by atomic mass is 32.2. The van der Waals surface area contributed by atoms with E-state index >= 15 is 0 Å². The maximum atomic E-state index is 13.1. The molecule has 7 nitrogen and oxygen atoms in total. The summed E-state index contributed by atoms with van der Waals surface area (Å²) in [6.45, 7) is 3.91. The number of aryl methyl sites for hydroxylation is 1. The molecule has 1 amide bonds. The fourth-order valence-corrected chi connectivity index (χ4v) is 6.79. The molecule has 2 aromatic rings. The van der Waals surface area contributed by atoms with E-state index in [-0.39, 0.29) is 17.8 Å². The molecular formula is C25H35N3O4S. The van der Waals surface area contributed by atoms with Crippen LogP contribution in [0.25, 0.3) is 10.9 Å². The standard InChI is InChI=1S/C25H35N3O4S/c1-18-15-20(22-9-5-6-10-24(22)26-18)16-32-21-11-13-28(14-12-21)33(31)17-23(25(29)27-30)19-7-3-2-4-8-19/h5-6,9-10,15,19,21,23,30H,2-4,7-8,11-14,16-17H2,1H3,(H,27,29). The number of amides is 1. The molecule has 1 aromatic heterocycles. The number of piperidine rings is 1. The number of benzene rings is 1. The molecule has 2 fully saturated rings. The molecule has 2 heterocycles. The van der Waals surface area contributed by atoms with Crippen molar-refractivity contribution in [2.24, 2.45) is 11.8 Å². The number of carbonyl (C=O) groups is 1. The van der Waals surface area contributed by atoms with Crippen molar-refractivity contribution in [3.8, 4) is 0 Å². The van der Waals surface area contributed by atoms with Crippen molar-refractivity contribution >= 4 is 27.8 Å². The predicted octanol–water partition coefficient (Wildman–Crippen LogP) is 3.89. The molecule has 1 aliphatic carbocycles. The number of nitrogens with one attached hydrogen (secondary N) is 1. The van der Waals surface area contributed by atoms with Crippen molar-refractivity contribution in [1.82, 2.24) is 14.8 Å². The summed E-state index contributed by atoms with van der Waals surface area (Å²) in [5.74, 6) is -0.304. The number of hydrogen-bond acceptors (Lipinski definition) is 5. The van der Waals surface area contributed by atoms with Crippen LogP contribution < -0.4 is 5.48 Å². The van der Waals surface area contributed by atoms with E-state index in [4.69, 9.17) is 4.74 Å². The van der Waals surface area contributed by atoms with E-state index in [1.54, 1.807) is 0 Å². The number of aromatic nitrogens is 1. The Morgan fingerprint density at radius 1 is 1.21 bits per heavy atom. The minimum absolute atomic E-state index is 0.125. The summed E-state index contributed by atoms with van der Waals surface area (Å²) >= 11 is 0. The summed E-state index contributed by atoms with van der Waals surface area (Å²) in [5, 5.41) is 10.3. The number of nitrogens with zero attached hydrogens (tertiary/aromatic N) is 2. The SMILES string of the molecule is Cc1cc(COC2CCN(S(=O)CC(C(=O)NO)C3CCCCC3)CC2)c2ccccc2n1. The van der Waals surface area contributed by atoms with Crippen molar-refractivity contribution in [3.05, 3.63) is 41.6 Å². The van der Waals surface area contributed by atoms with E-state index < -0.39 is 22.8 Å². The number of fused-ring (bicyclic) bond motifs is 1. The molecular weight excluding hydrogens is 438 g/mol. The zero-order valence-electron chi connectivity index (χ0n) is 19.4. The fraction of sp³-hybridized carbons (Fsp3) is 0.600. The van der Waals surface area contributed by atoms with Gasteiger partial charge in [0.25, 0.3) is 0 Å². The first-order valence-corrected chi connectivity index (χ1v) is 13.4. The summed E-state index contributed by atoms with van der Waals surface area (Å²) in [6.07, 6.45) is 7.07. The van der Waals surface area contributed by atoms with Gasteiger partial charge in [-0.15, -0.1) is 0 Å². The van der Waals surface area contributed by atoms with Crippen molar-refractivity contribution < 1.29 is 18.9 Å². The Hall–Kier alpha value is -1.87. The van der Waals surface area contributed by atoms with Crippen molar-refractivity contribution in [1.29, 1.82) is 0 Å². The quantitative estimate of drug-likeness (QED) is 0.448. The molecule has 0 spiro atoms. The van der Waals surface area contributed by atoms with Crippen molar-refractivity contribution in [2.45, 2.75) is 64.6 Å². The van der Waals surface area contributed by atoms with Gasteiger partial charge in [-0.3, -0.25) is 15.0 Å². The van der Waals surface area contributed by atoms with Crippen LogP contribution in [-0.4, -0.2) is 49.6 Å². The Kier molecular flexibility index (Phi) is 8.46. The number of rotatable bonds is 8. The summed E-state index contributed by atoms with van der Waals surface area (Å²) in [4.78, 5) is 16.9. The lowest BCUT2D eigenvalue weighted by Crippen LogP contribution is -2.43. The molecule has 1 aromatic carbocycles. The fourth-order valence-electron chi connectivity index (χ4n) is 5.23. The van der Waals surface area contributed by atoms with Gasteiger partial charge in [-0.1, -0.05) is 37.5 Å². The second-order valence-corrected chi connectivity index (χ2v) is 10.8. The zero-order chi connectivity index (χ0) is 23.2. The van der Waals surface area contributed by atoms with E-state index in [0.29, 0.717) is 19.7 Å². The van der Waals surface area contributed by atoms with Gasteiger partial charge in [0.05, 0.1) is 40.9 Å². The minimum Gasteiger partial charge on any atom is -0.373 e. The molecule has 0 radical (unpaired) electrons. The molecule has 180 valence electrons. The van der Waals surface area contributed by atoms with Crippen molar-refractivity contribution in [3.63, 3.8) is 0 Å². The number of ether oxygens (including phenoxy) is 1. The number of hydrogen-bond donors (Lipinski definition) is 2. The first-order chi connectivity index (χ1) is 16.0. The lowest BCUT2D eigenvalue weighted by molar-refractivity contribution is -0.134. The largest absolute Gasteiger partial charge is 0.373 e. The van der Waals surface area contributed by atoms with Gasteiger partial charge in [-0.25, -0.2) is 14.0 Å². The van der Waals surface area contributed by atoms with Crippen molar-refractivity contribution in [2.75, 3.05) is 18.8 Å². The molecule has 2 atom stereocenters. The maximum Gasteiger partial charge on any atom is 0.247 e. The second kappa shape index (κ2) is 11.5. The molecule has 2 unspecified atom stereocenters. The highest BCUT2D eigenvalue weighted by Crippen LogP contribution is 2.31. The average molecular weight is 474 g/mol. The van der Waals surface area contributed by atoms with Crippen LogP contribution in [0.5, 0.6) is 0 Å². The van der Waals surface area contributed by atoms with Gasteiger partial charge in [0.15, 0.2) is 0 Å².